The third-order valence-electron chi connectivity index (χ3n) is 3.60. The van der Waals surface area contributed by atoms with Crippen molar-refractivity contribution in [2.24, 2.45) is 5.73 Å². The van der Waals surface area contributed by atoms with E-state index in [0.717, 1.165) is 0 Å². The van der Waals surface area contributed by atoms with Crippen LogP contribution in [-0.2, 0) is 0 Å². The molecule has 118 valence electrons. The number of alkyl halides is 3. The van der Waals surface area contributed by atoms with Gasteiger partial charge >= 0.3 is 6.18 Å². The molecule has 1 aromatic rings. The molecule has 0 amide bonds. The van der Waals surface area contributed by atoms with Crippen LogP contribution in [0, 0.1) is 5.82 Å². The molecule has 3 nitrogen and oxygen atoms in total. The highest BCUT2D eigenvalue weighted by Crippen LogP contribution is 2.29. The summed E-state index contributed by atoms with van der Waals surface area (Å²) in [6.07, 6.45) is -4.18. The Kier molecular flexibility index (Phi) is 4.73. The molecular weight excluding hydrogens is 286 g/mol. The molecular formula is C14H19F4N3. The Morgan fingerprint density at radius 3 is 2.33 bits per heavy atom. The van der Waals surface area contributed by atoms with Gasteiger partial charge in [-0.15, -0.1) is 0 Å². The summed E-state index contributed by atoms with van der Waals surface area (Å²) in [5, 5.41) is 0. The molecule has 0 bridgehead atoms. The molecule has 1 saturated heterocycles. The molecule has 0 unspecified atom stereocenters. The summed E-state index contributed by atoms with van der Waals surface area (Å²) >= 11 is 0. The molecule has 1 aliphatic heterocycles. The number of piperazine rings is 1. The lowest BCUT2D eigenvalue weighted by molar-refractivity contribution is -0.146. The molecule has 7 heteroatoms. The van der Waals surface area contributed by atoms with Gasteiger partial charge in [0.1, 0.15) is 5.82 Å². The van der Waals surface area contributed by atoms with Crippen molar-refractivity contribution >= 4 is 5.69 Å². The van der Waals surface area contributed by atoms with Crippen molar-refractivity contribution in [3.8, 4) is 0 Å². The first-order valence-electron chi connectivity index (χ1n) is 6.86. The number of hydrogen-bond donors (Lipinski definition) is 1. The normalized spacial score (nSPS) is 18.9. The molecule has 1 fully saturated rings. The van der Waals surface area contributed by atoms with E-state index in [9.17, 15) is 17.6 Å². The first kappa shape index (κ1) is 16.0. The van der Waals surface area contributed by atoms with E-state index in [-0.39, 0.29) is 5.82 Å². The van der Waals surface area contributed by atoms with E-state index < -0.39 is 18.8 Å². The van der Waals surface area contributed by atoms with E-state index in [2.05, 4.69) is 0 Å². The monoisotopic (exact) mass is 305 g/mol. The molecule has 1 heterocycles. The lowest BCUT2D eigenvalue weighted by Gasteiger charge is -2.37. The van der Waals surface area contributed by atoms with Crippen molar-refractivity contribution in [3.05, 3.63) is 29.6 Å². The largest absolute Gasteiger partial charge is 0.401 e. The Labute approximate surface area is 121 Å². The lowest BCUT2D eigenvalue weighted by Crippen LogP contribution is -2.49. The zero-order valence-corrected chi connectivity index (χ0v) is 11.8. The van der Waals surface area contributed by atoms with Gasteiger partial charge in [-0.05, 0) is 19.1 Å². The van der Waals surface area contributed by atoms with Crippen LogP contribution < -0.4 is 10.6 Å². The molecule has 0 spiro atoms. The highest BCUT2D eigenvalue weighted by atomic mass is 19.4. The van der Waals surface area contributed by atoms with Gasteiger partial charge in [0.15, 0.2) is 0 Å². The number of hydrogen-bond acceptors (Lipinski definition) is 3. The van der Waals surface area contributed by atoms with E-state index in [1.54, 1.807) is 19.1 Å². The van der Waals surface area contributed by atoms with Gasteiger partial charge < -0.3 is 10.6 Å². The Morgan fingerprint density at radius 2 is 1.81 bits per heavy atom. The van der Waals surface area contributed by atoms with Crippen molar-refractivity contribution in [1.29, 1.82) is 0 Å². The first-order chi connectivity index (χ1) is 9.78. The maximum absolute atomic E-state index is 13.9. The Bertz CT molecular complexity index is 480. The van der Waals surface area contributed by atoms with Gasteiger partial charge in [-0.1, -0.05) is 6.07 Å². The third-order valence-corrected chi connectivity index (χ3v) is 3.60. The van der Waals surface area contributed by atoms with Crippen molar-refractivity contribution in [2.75, 3.05) is 37.6 Å². The minimum absolute atomic E-state index is 0.300. The van der Waals surface area contributed by atoms with E-state index >= 15 is 0 Å². The minimum atomic E-state index is -4.18. The van der Waals surface area contributed by atoms with Gasteiger partial charge in [0, 0.05) is 43.5 Å². The molecule has 0 aromatic heterocycles. The fourth-order valence-electron chi connectivity index (χ4n) is 2.65. The van der Waals surface area contributed by atoms with Gasteiger partial charge in [0.2, 0.25) is 0 Å². The van der Waals surface area contributed by atoms with Crippen molar-refractivity contribution in [2.45, 2.75) is 19.1 Å². The number of nitrogens with two attached hydrogens (primary N) is 1. The zero-order valence-electron chi connectivity index (χ0n) is 11.8. The number of halogens is 4. The van der Waals surface area contributed by atoms with Crippen LogP contribution >= 0.6 is 0 Å². The van der Waals surface area contributed by atoms with Crippen LogP contribution in [0.1, 0.15) is 18.5 Å². The summed E-state index contributed by atoms with van der Waals surface area (Å²) in [6.45, 7) is 2.26. The first-order valence-corrected chi connectivity index (χ1v) is 6.86. The molecule has 0 saturated carbocycles. The molecule has 1 aromatic carbocycles. The summed E-state index contributed by atoms with van der Waals surface area (Å²) in [4.78, 5) is 3.26. The van der Waals surface area contributed by atoms with Gasteiger partial charge in [-0.2, -0.15) is 13.2 Å². The average molecular weight is 305 g/mol. The number of nitrogens with zero attached hydrogens (tertiary/aromatic N) is 2. The van der Waals surface area contributed by atoms with Crippen LogP contribution in [0.15, 0.2) is 18.2 Å². The summed E-state index contributed by atoms with van der Waals surface area (Å²) < 4.78 is 51.0. The number of benzene rings is 1. The average Bonchev–Trinajstić information content (AvgIpc) is 2.37. The standard InChI is InChI=1S/C14H19F4N3/c1-10(19)13-11(15)3-2-4-12(13)21-7-5-20(6-8-21)9-14(16,17)18/h2-4,10H,5-9,19H2,1H3/t10-/m1/s1. The number of rotatable bonds is 3. The molecule has 21 heavy (non-hydrogen) atoms. The van der Waals surface area contributed by atoms with Crippen molar-refractivity contribution in [3.63, 3.8) is 0 Å². The van der Waals surface area contributed by atoms with E-state index in [1.807, 2.05) is 4.90 Å². The Hall–Kier alpha value is -1.34. The second kappa shape index (κ2) is 6.19. The molecule has 1 aliphatic rings. The Balaban J connectivity index is 2.08. The molecule has 2 N–H and O–H groups in total. The predicted molar refractivity (Wildman–Crippen MR) is 73.7 cm³/mol. The van der Waals surface area contributed by atoms with Crippen LogP contribution in [0.3, 0.4) is 0 Å². The molecule has 1 atom stereocenters. The second-order valence-corrected chi connectivity index (χ2v) is 5.34. The maximum atomic E-state index is 13.9. The maximum Gasteiger partial charge on any atom is 0.401 e. The van der Waals surface area contributed by atoms with Crippen LogP contribution in [0.4, 0.5) is 23.2 Å². The summed E-state index contributed by atoms with van der Waals surface area (Å²) in [5.41, 5.74) is 6.90. The predicted octanol–water partition coefficient (Wildman–Crippen LogP) is 2.53. The van der Waals surface area contributed by atoms with Gasteiger partial charge in [-0.25, -0.2) is 4.39 Å². The van der Waals surface area contributed by atoms with Crippen molar-refractivity contribution in [1.82, 2.24) is 4.90 Å². The quantitative estimate of drug-likeness (QED) is 0.871. The van der Waals surface area contributed by atoms with Crippen LogP contribution in [0.5, 0.6) is 0 Å². The zero-order chi connectivity index (χ0) is 15.6. The SMILES string of the molecule is C[C@@H](N)c1c(F)cccc1N1CCN(CC(F)(F)F)CC1. The van der Waals surface area contributed by atoms with Crippen molar-refractivity contribution < 1.29 is 17.6 Å². The van der Waals surface area contributed by atoms with E-state index in [4.69, 9.17) is 5.73 Å². The minimum Gasteiger partial charge on any atom is -0.369 e. The summed E-state index contributed by atoms with van der Waals surface area (Å²) in [6, 6.07) is 4.25. The van der Waals surface area contributed by atoms with Crippen LogP contribution in [0.2, 0.25) is 0 Å². The topological polar surface area (TPSA) is 32.5 Å². The van der Waals surface area contributed by atoms with Crippen LogP contribution in [-0.4, -0.2) is 43.8 Å². The van der Waals surface area contributed by atoms with Gasteiger partial charge in [0.05, 0.1) is 6.54 Å². The van der Waals surface area contributed by atoms with Gasteiger partial charge in [-0.3, -0.25) is 4.90 Å². The molecule has 2 rings (SSSR count). The summed E-state index contributed by atoms with van der Waals surface area (Å²) in [7, 11) is 0. The van der Waals surface area contributed by atoms with E-state index in [0.29, 0.717) is 37.4 Å². The third kappa shape index (κ3) is 4.07. The fourth-order valence-corrected chi connectivity index (χ4v) is 2.65. The fraction of sp³-hybridized carbons (Fsp3) is 0.571. The highest BCUT2D eigenvalue weighted by molar-refractivity contribution is 5.55. The smallest absolute Gasteiger partial charge is 0.369 e. The number of anilines is 1. The molecule has 0 radical (unpaired) electrons. The molecule has 0 aliphatic carbocycles. The van der Waals surface area contributed by atoms with E-state index in [1.165, 1.54) is 11.0 Å². The summed E-state index contributed by atoms with van der Waals surface area (Å²) in [5.74, 6) is -0.375. The highest BCUT2D eigenvalue weighted by Gasteiger charge is 2.32. The second-order valence-electron chi connectivity index (χ2n) is 5.34. The van der Waals surface area contributed by atoms with Crippen LogP contribution in [0.25, 0.3) is 0 Å². The Morgan fingerprint density at radius 1 is 1.19 bits per heavy atom. The van der Waals surface area contributed by atoms with Gasteiger partial charge in [0.25, 0.3) is 0 Å². The lowest BCUT2D eigenvalue weighted by atomic mass is 10.0.